The first-order valence-electron chi connectivity index (χ1n) is 6.74. The Labute approximate surface area is 112 Å². The normalized spacial score (nSPS) is 19.3. The van der Waals surface area contributed by atoms with Gasteiger partial charge >= 0.3 is 6.03 Å². The lowest BCUT2D eigenvalue weighted by molar-refractivity contribution is 0.0520. The largest absolute Gasteiger partial charge is 0.397 e. The second kappa shape index (κ2) is 5.09. The van der Waals surface area contributed by atoms with E-state index >= 15 is 0 Å². The highest BCUT2D eigenvalue weighted by atomic mass is 16.5. The van der Waals surface area contributed by atoms with Crippen LogP contribution in [0.25, 0.3) is 0 Å². The van der Waals surface area contributed by atoms with Crippen LogP contribution in [0.2, 0.25) is 0 Å². The van der Waals surface area contributed by atoms with Crippen LogP contribution >= 0.6 is 0 Å². The Morgan fingerprint density at radius 2 is 2.05 bits per heavy atom. The average molecular weight is 261 g/mol. The number of nitrogens with two attached hydrogens (primary N) is 1. The van der Waals surface area contributed by atoms with Crippen molar-refractivity contribution in [1.29, 1.82) is 0 Å². The summed E-state index contributed by atoms with van der Waals surface area (Å²) in [6.07, 6.45) is 2.53. The molecule has 19 heavy (non-hydrogen) atoms. The summed E-state index contributed by atoms with van der Waals surface area (Å²) in [5.74, 6) is 0.721. The quantitative estimate of drug-likeness (QED) is 0.823. The van der Waals surface area contributed by atoms with E-state index in [0.29, 0.717) is 25.5 Å². The van der Waals surface area contributed by atoms with Gasteiger partial charge in [-0.2, -0.15) is 0 Å². The van der Waals surface area contributed by atoms with Gasteiger partial charge in [0.2, 0.25) is 0 Å². The van der Waals surface area contributed by atoms with Crippen molar-refractivity contribution in [3.8, 4) is 0 Å². The van der Waals surface area contributed by atoms with Gasteiger partial charge in [-0.05, 0) is 30.9 Å². The lowest BCUT2D eigenvalue weighted by Gasteiger charge is -2.19. The fourth-order valence-electron chi connectivity index (χ4n) is 2.27. The molecule has 1 heterocycles. The Kier molecular flexibility index (Phi) is 3.29. The first-order chi connectivity index (χ1) is 9.25. The molecule has 2 N–H and O–H groups in total. The molecule has 1 saturated carbocycles. The van der Waals surface area contributed by atoms with Crippen molar-refractivity contribution in [2.75, 3.05) is 37.1 Å². The summed E-state index contributed by atoms with van der Waals surface area (Å²) in [5, 5.41) is 0. The average Bonchev–Trinajstić information content (AvgIpc) is 3.16. The third kappa shape index (κ3) is 2.66. The number of hydrogen-bond donors (Lipinski definition) is 1. The van der Waals surface area contributed by atoms with Crippen LogP contribution in [0.4, 0.5) is 16.2 Å². The number of anilines is 2. The minimum atomic E-state index is -0.0197. The Morgan fingerprint density at radius 3 is 2.79 bits per heavy atom. The van der Waals surface area contributed by atoms with Crippen molar-refractivity contribution in [2.45, 2.75) is 12.8 Å². The number of para-hydroxylation sites is 2. The second-order valence-electron chi connectivity index (χ2n) is 5.20. The second-order valence-corrected chi connectivity index (χ2v) is 5.20. The fourth-order valence-corrected chi connectivity index (χ4v) is 2.27. The van der Waals surface area contributed by atoms with Gasteiger partial charge in [0.05, 0.1) is 18.0 Å². The maximum Gasteiger partial charge on any atom is 0.326 e. The minimum absolute atomic E-state index is 0.0197. The van der Waals surface area contributed by atoms with Crippen LogP contribution in [0.15, 0.2) is 24.3 Å². The van der Waals surface area contributed by atoms with Crippen molar-refractivity contribution < 1.29 is 9.53 Å². The molecule has 1 aliphatic heterocycles. The molecule has 5 nitrogen and oxygen atoms in total. The predicted molar refractivity (Wildman–Crippen MR) is 73.8 cm³/mol. The van der Waals surface area contributed by atoms with E-state index in [1.54, 1.807) is 9.80 Å². The van der Waals surface area contributed by atoms with Crippen molar-refractivity contribution in [2.24, 2.45) is 5.92 Å². The molecule has 5 heteroatoms. The number of hydrogen-bond acceptors (Lipinski definition) is 3. The molecule has 0 atom stereocenters. The maximum atomic E-state index is 12.3. The van der Waals surface area contributed by atoms with Crippen molar-refractivity contribution in [3.05, 3.63) is 24.3 Å². The summed E-state index contributed by atoms with van der Waals surface area (Å²) in [4.78, 5) is 15.7. The fraction of sp³-hybridized carbons (Fsp3) is 0.500. The minimum Gasteiger partial charge on any atom is -0.397 e. The van der Waals surface area contributed by atoms with E-state index in [1.165, 1.54) is 12.8 Å². The number of carbonyl (C=O) groups excluding carboxylic acids is 1. The molecule has 1 saturated heterocycles. The molecule has 2 aliphatic rings. The molecular weight excluding hydrogens is 242 g/mol. The zero-order chi connectivity index (χ0) is 13.2. The van der Waals surface area contributed by atoms with Crippen LogP contribution in [0, 0.1) is 5.92 Å². The highest BCUT2D eigenvalue weighted by Gasteiger charge is 2.31. The summed E-state index contributed by atoms with van der Waals surface area (Å²) in [6, 6.07) is 7.44. The van der Waals surface area contributed by atoms with Crippen molar-refractivity contribution in [1.82, 2.24) is 4.90 Å². The van der Waals surface area contributed by atoms with Gasteiger partial charge in [0, 0.05) is 13.1 Å². The van der Waals surface area contributed by atoms with Crippen molar-refractivity contribution >= 4 is 17.4 Å². The number of rotatable bonds is 5. The molecule has 2 amide bonds. The van der Waals surface area contributed by atoms with Gasteiger partial charge in [-0.1, -0.05) is 12.1 Å². The summed E-state index contributed by atoms with van der Waals surface area (Å²) in [7, 11) is 0. The maximum absolute atomic E-state index is 12.3. The molecule has 1 aliphatic carbocycles. The molecule has 0 radical (unpaired) electrons. The highest BCUT2D eigenvalue weighted by Crippen LogP contribution is 2.29. The number of benzene rings is 1. The van der Waals surface area contributed by atoms with Gasteiger partial charge in [-0.15, -0.1) is 0 Å². The first kappa shape index (κ1) is 12.3. The molecule has 3 rings (SSSR count). The Balaban J connectivity index is 1.59. The molecule has 102 valence electrons. The van der Waals surface area contributed by atoms with Crippen LogP contribution in [0.3, 0.4) is 0 Å². The van der Waals surface area contributed by atoms with E-state index < -0.39 is 0 Å². The topological polar surface area (TPSA) is 58.8 Å². The Morgan fingerprint density at radius 1 is 1.26 bits per heavy atom. The van der Waals surface area contributed by atoms with Crippen LogP contribution < -0.4 is 10.6 Å². The first-order valence-corrected chi connectivity index (χ1v) is 6.74. The third-order valence-electron chi connectivity index (χ3n) is 3.62. The summed E-state index contributed by atoms with van der Waals surface area (Å²) in [5.41, 5.74) is 7.34. The van der Waals surface area contributed by atoms with Gasteiger partial charge < -0.3 is 10.5 Å². The lowest BCUT2D eigenvalue weighted by atomic mass is 10.2. The van der Waals surface area contributed by atoms with Gasteiger partial charge in [0.15, 0.2) is 0 Å². The van der Waals surface area contributed by atoms with E-state index in [0.717, 1.165) is 18.2 Å². The number of nitrogens with zero attached hydrogens (tertiary/aromatic N) is 2. The van der Waals surface area contributed by atoms with E-state index in [4.69, 9.17) is 10.5 Å². The van der Waals surface area contributed by atoms with Crippen LogP contribution in [0.5, 0.6) is 0 Å². The predicted octanol–water partition coefficient (Wildman–Crippen LogP) is 1.89. The summed E-state index contributed by atoms with van der Waals surface area (Å²) in [6.45, 7) is 2.52. The van der Waals surface area contributed by atoms with E-state index in [1.807, 2.05) is 24.3 Å². The Hall–Kier alpha value is -1.75. The zero-order valence-corrected chi connectivity index (χ0v) is 10.9. The highest BCUT2D eigenvalue weighted by molar-refractivity contribution is 5.96. The third-order valence-corrected chi connectivity index (χ3v) is 3.62. The van der Waals surface area contributed by atoms with Crippen LogP contribution in [-0.2, 0) is 4.74 Å². The number of urea groups is 1. The number of amides is 2. The van der Waals surface area contributed by atoms with Gasteiger partial charge in [0.1, 0.15) is 6.73 Å². The smallest absolute Gasteiger partial charge is 0.326 e. The van der Waals surface area contributed by atoms with Crippen LogP contribution in [0.1, 0.15) is 12.8 Å². The number of ether oxygens (including phenoxy) is 1. The summed E-state index contributed by atoms with van der Waals surface area (Å²) < 4.78 is 5.57. The molecule has 0 unspecified atom stereocenters. The SMILES string of the molecule is Nc1ccccc1N1CCN(COCC2CC2)C1=O. The lowest BCUT2D eigenvalue weighted by Crippen LogP contribution is -2.33. The van der Waals surface area contributed by atoms with Gasteiger partial charge in [0.25, 0.3) is 0 Å². The number of nitrogen functional groups attached to an aromatic ring is 1. The van der Waals surface area contributed by atoms with E-state index in [2.05, 4.69) is 0 Å². The molecule has 1 aromatic rings. The molecule has 2 fully saturated rings. The zero-order valence-electron chi connectivity index (χ0n) is 10.9. The molecular formula is C14H19N3O2. The molecule has 0 aromatic heterocycles. The number of carbonyl (C=O) groups is 1. The van der Waals surface area contributed by atoms with E-state index in [9.17, 15) is 4.79 Å². The molecule has 1 aromatic carbocycles. The molecule has 0 spiro atoms. The van der Waals surface area contributed by atoms with Gasteiger partial charge in [-0.3, -0.25) is 9.80 Å². The van der Waals surface area contributed by atoms with Gasteiger partial charge in [-0.25, -0.2) is 4.79 Å². The van der Waals surface area contributed by atoms with Crippen LogP contribution in [-0.4, -0.2) is 37.4 Å². The monoisotopic (exact) mass is 261 g/mol. The Bertz CT molecular complexity index is 474. The summed E-state index contributed by atoms with van der Waals surface area (Å²) >= 11 is 0. The van der Waals surface area contributed by atoms with E-state index in [-0.39, 0.29) is 6.03 Å². The molecule has 0 bridgehead atoms. The standard InChI is InChI=1S/C14H19N3O2/c15-12-3-1-2-4-13(12)17-8-7-16(14(17)18)10-19-9-11-5-6-11/h1-4,11H,5-10,15H2. The van der Waals surface area contributed by atoms with Crippen molar-refractivity contribution in [3.63, 3.8) is 0 Å².